The first-order valence-electron chi connectivity index (χ1n) is 11.5. The zero-order chi connectivity index (χ0) is 23.5. The van der Waals surface area contributed by atoms with Gasteiger partial charge in [-0.3, -0.25) is 23.9 Å². The van der Waals surface area contributed by atoms with Crippen molar-refractivity contribution in [2.45, 2.75) is 6.54 Å². The Labute approximate surface area is 201 Å². The van der Waals surface area contributed by atoms with Gasteiger partial charge in [-0.15, -0.1) is 11.3 Å². The Morgan fingerprint density at radius 3 is 2.32 bits per heavy atom. The number of amides is 2. The van der Waals surface area contributed by atoms with Gasteiger partial charge in [0.05, 0.1) is 31.5 Å². The molecule has 2 fully saturated rings. The molecule has 0 spiro atoms. The summed E-state index contributed by atoms with van der Waals surface area (Å²) in [7, 11) is 0. The average molecular weight is 482 g/mol. The van der Waals surface area contributed by atoms with Crippen molar-refractivity contribution in [1.29, 1.82) is 0 Å². The SMILES string of the molecule is O=C(CN1CCN(C(=O)Cn2cnc3sc(-c4ccccc4)cc3c2=O)CC1)N1CCOCC1. The number of benzene rings is 1. The van der Waals surface area contributed by atoms with Gasteiger partial charge in [0, 0.05) is 44.1 Å². The smallest absolute Gasteiger partial charge is 0.262 e. The summed E-state index contributed by atoms with van der Waals surface area (Å²) in [5.41, 5.74) is 0.837. The van der Waals surface area contributed by atoms with Crippen LogP contribution in [0.15, 0.2) is 47.5 Å². The van der Waals surface area contributed by atoms with E-state index in [-0.39, 0.29) is 23.9 Å². The largest absolute Gasteiger partial charge is 0.378 e. The average Bonchev–Trinajstić information content (AvgIpc) is 3.32. The van der Waals surface area contributed by atoms with Crippen LogP contribution in [0.1, 0.15) is 0 Å². The van der Waals surface area contributed by atoms with E-state index in [9.17, 15) is 14.4 Å². The van der Waals surface area contributed by atoms with Crippen LogP contribution in [0.4, 0.5) is 0 Å². The number of thiophene rings is 1. The molecule has 9 nitrogen and oxygen atoms in total. The zero-order valence-electron chi connectivity index (χ0n) is 18.9. The number of aromatic nitrogens is 2. The maximum absolute atomic E-state index is 13.0. The minimum atomic E-state index is -0.202. The minimum Gasteiger partial charge on any atom is -0.378 e. The maximum atomic E-state index is 13.0. The molecule has 0 radical (unpaired) electrons. The molecule has 2 aromatic heterocycles. The third-order valence-corrected chi connectivity index (χ3v) is 7.42. The van der Waals surface area contributed by atoms with Crippen LogP contribution in [-0.2, 0) is 20.9 Å². The molecule has 0 bridgehead atoms. The summed E-state index contributed by atoms with van der Waals surface area (Å²) in [5, 5.41) is 0.533. The number of morpholine rings is 1. The molecule has 10 heteroatoms. The van der Waals surface area contributed by atoms with Gasteiger partial charge in [-0.05, 0) is 11.6 Å². The molecule has 5 rings (SSSR count). The molecule has 178 valence electrons. The van der Waals surface area contributed by atoms with Gasteiger partial charge >= 0.3 is 0 Å². The Kier molecular flexibility index (Phi) is 6.70. The third kappa shape index (κ3) is 4.89. The van der Waals surface area contributed by atoms with E-state index in [0.29, 0.717) is 69.2 Å². The number of hydrogen-bond acceptors (Lipinski definition) is 7. The molecule has 1 aromatic carbocycles. The van der Waals surface area contributed by atoms with E-state index < -0.39 is 0 Å². The first-order valence-corrected chi connectivity index (χ1v) is 12.3. The molecule has 4 heterocycles. The lowest BCUT2D eigenvalue weighted by Crippen LogP contribution is -2.53. The lowest BCUT2D eigenvalue weighted by Gasteiger charge is -2.36. The van der Waals surface area contributed by atoms with Crippen LogP contribution in [0.5, 0.6) is 0 Å². The van der Waals surface area contributed by atoms with E-state index in [1.807, 2.05) is 41.3 Å². The molecular weight excluding hydrogens is 454 g/mol. The molecule has 3 aromatic rings. The summed E-state index contributed by atoms with van der Waals surface area (Å²) in [5.74, 6) is 0.000518. The second-order valence-corrected chi connectivity index (χ2v) is 9.55. The normalized spacial score (nSPS) is 17.3. The fourth-order valence-electron chi connectivity index (χ4n) is 4.32. The first kappa shape index (κ1) is 22.7. The molecule has 2 aliphatic rings. The van der Waals surface area contributed by atoms with Crippen LogP contribution in [0, 0.1) is 0 Å². The lowest BCUT2D eigenvalue weighted by atomic mass is 10.2. The fraction of sp³-hybridized carbons (Fsp3) is 0.417. The predicted octanol–water partition coefficient (Wildman–Crippen LogP) is 1.13. The van der Waals surface area contributed by atoms with E-state index in [0.717, 1.165) is 10.4 Å². The molecule has 0 saturated carbocycles. The van der Waals surface area contributed by atoms with E-state index in [2.05, 4.69) is 9.88 Å². The highest BCUT2D eigenvalue weighted by Gasteiger charge is 2.25. The Bertz CT molecular complexity index is 1230. The number of piperazine rings is 1. The van der Waals surface area contributed by atoms with Crippen molar-refractivity contribution >= 4 is 33.4 Å². The van der Waals surface area contributed by atoms with E-state index >= 15 is 0 Å². The fourth-order valence-corrected chi connectivity index (χ4v) is 5.32. The van der Waals surface area contributed by atoms with E-state index in [4.69, 9.17) is 4.74 Å². The summed E-state index contributed by atoms with van der Waals surface area (Å²) in [6.45, 7) is 5.14. The zero-order valence-corrected chi connectivity index (χ0v) is 19.7. The first-order chi connectivity index (χ1) is 16.6. The summed E-state index contributed by atoms with van der Waals surface area (Å²) in [4.78, 5) is 50.1. The van der Waals surface area contributed by atoms with E-state index in [1.54, 1.807) is 4.90 Å². The monoisotopic (exact) mass is 481 g/mol. The van der Waals surface area contributed by atoms with Crippen molar-refractivity contribution in [3.05, 3.63) is 53.1 Å². The van der Waals surface area contributed by atoms with Gasteiger partial charge < -0.3 is 14.5 Å². The molecular formula is C24H27N5O4S. The van der Waals surface area contributed by atoms with Crippen LogP contribution >= 0.6 is 11.3 Å². The van der Waals surface area contributed by atoms with Gasteiger partial charge in [-0.2, -0.15) is 0 Å². The van der Waals surface area contributed by atoms with Gasteiger partial charge in [0.15, 0.2) is 0 Å². The van der Waals surface area contributed by atoms with Crippen molar-refractivity contribution in [1.82, 2.24) is 24.3 Å². The van der Waals surface area contributed by atoms with Gasteiger partial charge in [-0.25, -0.2) is 4.98 Å². The lowest BCUT2D eigenvalue weighted by molar-refractivity contribution is -0.138. The predicted molar refractivity (Wildman–Crippen MR) is 130 cm³/mol. The van der Waals surface area contributed by atoms with Crippen molar-refractivity contribution in [3.8, 4) is 10.4 Å². The molecule has 0 unspecified atom stereocenters. The number of carbonyl (C=O) groups excluding carboxylic acids is 2. The Balaban J connectivity index is 1.19. The van der Waals surface area contributed by atoms with Gasteiger partial charge in [-0.1, -0.05) is 30.3 Å². The highest BCUT2D eigenvalue weighted by atomic mass is 32.1. The van der Waals surface area contributed by atoms with Crippen molar-refractivity contribution in [2.75, 3.05) is 59.0 Å². The summed E-state index contributed by atoms with van der Waals surface area (Å²) in [6, 6.07) is 11.7. The number of rotatable bonds is 5. The standard InChI is InChI=1S/C24H27N5O4S/c30-21(28-10-12-33-13-11-28)15-26-6-8-27(9-7-26)22(31)16-29-17-25-23-19(24(29)32)14-20(34-23)18-4-2-1-3-5-18/h1-5,14,17H,6-13,15-16H2. The second kappa shape index (κ2) is 10.0. The number of nitrogens with zero attached hydrogens (tertiary/aromatic N) is 5. The van der Waals surface area contributed by atoms with E-state index in [1.165, 1.54) is 22.2 Å². The molecule has 0 atom stereocenters. The molecule has 2 saturated heterocycles. The summed E-state index contributed by atoms with van der Waals surface area (Å²) in [6.07, 6.45) is 1.46. The quantitative estimate of drug-likeness (QED) is 0.543. The summed E-state index contributed by atoms with van der Waals surface area (Å²) >= 11 is 1.47. The molecule has 0 aliphatic carbocycles. The van der Waals surface area contributed by atoms with Crippen LogP contribution in [0.3, 0.4) is 0 Å². The van der Waals surface area contributed by atoms with Crippen molar-refractivity contribution in [2.24, 2.45) is 0 Å². The Morgan fingerprint density at radius 1 is 0.912 bits per heavy atom. The summed E-state index contributed by atoms with van der Waals surface area (Å²) < 4.78 is 6.69. The number of hydrogen-bond donors (Lipinski definition) is 0. The highest BCUT2D eigenvalue weighted by Crippen LogP contribution is 2.30. The van der Waals surface area contributed by atoms with Crippen LogP contribution in [-0.4, -0.2) is 95.1 Å². The number of ether oxygens (including phenoxy) is 1. The molecule has 34 heavy (non-hydrogen) atoms. The van der Waals surface area contributed by atoms with Gasteiger partial charge in [0.1, 0.15) is 11.4 Å². The Morgan fingerprint density at radius 2 is 1.59 bits per heavy atom. The number of carbonyl (C=O) groups is 2. The highest BCUT2D eigenvalue weighted by molar-refractivity contribution is 7.21. The third-order valence-electron chi connectivity index (χ3n) is 6.33. The van der Waals surface area contributed by atoms with Gasteiger partial charge in [0.25, 0.3) is 5.56 Å². The maximum Gasteiger partial charge on any atom is 0.262 e. The second-order valence-electron chi connectivity index (χ2n) is 8.52. The topological polar surface area (TPSA) is 88.0 Å². The van der Waals surface area contributed by atoms with Crippen molar-refractivity contribution < 1.29 is 14.3 Å². The van der Waals surface area contributed by atoms with Crippen LogP contribution in [0.2, 0.25) is 0 Å². The Hall–Kier alpha value is -3.08. The molecule has 2 amide bonds. The van der Waals surface area contributed by atoms with Crippen LogP contribution < -0.4 is 5.56 Å². The minimum absolute atomic E-state index is 0.0367. The molecule has 0 N–H and O–H groups in total. The van der Waals surface area contributed by atoms with Crippen molar-refractivity contribution in [3.63, 3.8) is 0 Å². The molecule has 2 aliphatic heterocycles. The van der Waals surface area contributed by atoms with Crippen LogP contribution in [0.25, 0.3) is 20.7 Å². The van der Waals surface area contributed by atoms with Gasteiger partial charge in [0.2, 0.25) is 11.8 Å². The number of fused-ring (bicyclic) bond motifs is 1.